The summed E-state index contributed by atoms with van der Waals surface area (Å²) < 4.78 is 16.4. The summed E-state index contributed by atoms with van der Waals surface area (Å²) in [6.07, 6.45) is 5.44. The largest absolute Gasteiger partial charge is 0.348 e. The van der Waals surface area contributed by atoms with Crippen LogP contribution < -0.4 is 10.6 Å². The number of imidazole rings is 1. The van der Waals surface area contributed by atoms with Crippen LogP contribution in [-0.4, -0.2) is 38.9 Å². The van der Waals surface area contributed by atoms with Crippen molar-refractivity contribution in [1.82, 2.24) is 25.0 Å². The number of aromatic nitrogens is 3. The van der Waals surface area contributed by atoms with Crippen LogP contribution in [0.15, 0.2) is 18.5 Å². The number of amides is 1. The quantitative estimate of drug-likeness (QED) is 0.725. The van der Waals surface area contributed by atoms with Crippen molar-refractivity contribution in [2.24, 2.45) is 0 Å². The number of nitrogens with zero attached hydrogens (tertiary/aromatic N) is 3. The van der Waals surface area contributed by atoms with Crippen LogP contribution in [0.2, 0.25) is 0 Å². The van der Waals surface area contributed by atoms with Crippen LogP contribution in [-0.2, 0) is 0 Å². The summed E-state index contributed by atoms with van der Waals surface area (Å²) in [6.45, 7) is 6.76. The van der Waals surface area contributed by atoms with Crippen molar-refractivity contribution in [3.63, 3.8) is 0 Å². The first-order valence-electron chi connectivity index (χ1n) is 9.07. The maximum absolute atomic E-state index is 14.5. The molecule has 142 valence electrons. The average Bonchev–Trinajstić information content (AvgIpc) is 3.18. The summed E-state index contributed by atoms with van der Waals surface area (Å²) in [6, 6.07) is 1.82. The number of carbonyl (C=O) groups is 1. The number of thiophene rings is 1. The standard InChI is InChI=1S/C19H22FN5OS/c1-10-6-13(4-5-21-10)23-19(26)17-14(20)7-16(27-17)15-9-25-8-11(2)22-12(3)18(25)24-15/h7-10,13,21H,4-6H2,1-3H3,(H,23,26)/t10-,13-/m0/s1. The molecule has 2 N–H and O–H groups in total. The van der Waals surface area contributed by atoms with E-state index in [1.54, 1.807) is 0 Å². The Balaban J connectivity index is 1.59. The fourth-order valence-corrected chi connectivity index (χ4v) is 4.48. The molecular weight excluding hydrogens is 365 g/mol. The fraction of sp³-hybridized carbons (Fsp3) is 0.421. The minimum absolute atomic E-state index is 0.0746. The summed E-state index contributed by atoms with van der Waals surface area (Å²) in [5.74, 6) is -0.849. The van der Waals surface area contributed by atoms with Gasteiger partial charge in [0, 0.05) is 24.5 Å². The van der Waals surface area contributed by atoms with Gasteiger partial charge in [0.15, 0.2) is 5.65 Å². The molecule has 0 spiro atoms. The zero-order valence-electron chi connectivity index (χ0n) is 15.5. The molecule has 1 aliphatic rings. The predicted molar refractivity (Wildman–Crippen MR) is 104 cm³/mol. The molecule has 4 rings (SSSR count). The number of aryl methyl sites for hydroxylation is 2. The van der Waals surface area contributed by atoms with Gasteiger partial charge in [-0.25, -0.2) is 9.37 Å². The molecule has 0 aromatic carbocycles. The van der Waals surface area contributed by atoms with Crippen molar-refractivity contribution in [2.75, 3.05) is 6.54 Å². The Morgan fingerprint density at radius 3 is 2.96 bits per heavy atom. The third-order valence-corrected chi connectivity index (χ3v) is 5.96. The number of piperidine rings is 1. The second kappa shape index (κ2) is 7.01. The summed E-state index contributed by atoms with van der Waals surface area (Å²) in [5, 5.41) is 6.31. The van der Waals surface area contributed by atoms with Gasteiger partial charge in [-0.2, -0.15) is 0 Å². The Labute approximate surface area is 160 Å². The van der Waals surface area contributed by atoms with E-state index >= 15 is 0 Å². The van der Waals surface area contributed by atoms with E-state index in [0.717, 1.165) is 47.8 Å². The van der Waals surface area contributed by atoms with Gasteiger partial charge in [-0.3, -0.25) is 9.78 Å². The lowest BCUT2D eigenvalue weighted by Gasteiger charge is -2.28. The number of halogens is 1. The van der Waals surface area contributed by atoms with Gasteiger partial charge in [0.2, 0.25) is 0 Å². The van der Waals surface area contributed by atoms with Gasteiger partial charge >= 0.3 is 0 Å². The first-order valence-corrected chi connectivity index (χ1v) is 9.89. The smallest absolute Gasteiger partial charge is 0.264 e. The molecule has 0 unspecified atom stereocenters. The lowest BCUT2D eigenvalue weighted by atomic mass is 10.0. The summed E-state index contributed by atoms with van der Waals surface area (Å²) in [4.78, 5) is 22.3. The number of hydrogen-bond acceptors (Lipinski definition) is 5. The van der Waals surface area contributed by atoms with E-state index in [-0.39, 0.29) is 16.8 Å². The van der Waals surface area contributed by atoms with Gasteiger partial charge < -0.3 is 15.0 Å². The second-order valence-electron chi connectivity index (χ2n) is 7.16. The molecule has 6 nitrogen and oxygen atoms in total. The first-order chi connectivity index (χ1) is 12.9. The summed E-state index contributed by atoms with van der Waals surface area (Å²) >= 11 is 1.14. The van der Waals surface area contributed by atoms with Crippen molar-refractivity contribution in [2.45, 2.75) is 45.7 Å². The highest BCUT2D eigenvalue weighted by molar-refractivity contribution is 7.17. The number of fused-ring (bicyclic) bond motifs is 1. The van der Waals surface area contributed by atoms with Crippen molar-refractivity contribution in [3.05, 3.63) is 40.5 Å². The SMILES string of the molecule is Cc1cn2cc(-c3cc(F)c(C(=O)N[C@H]4CCN[C@@H](C)C4)s3)nc2c(C)n1. The maximum Gasteiger partial charge on any atom is 0.264 e. The topological polar surface area (TPSA) is 71.3 Å². The van der Waals surface area contributed by atoms with Gasteiger partial charge in [-0.1, -0.05) is 0 Å². The minimum Gasteiger partial charge on any atom is -0.348 e. The van der Waals surface area contributed by atoms with E-state index in [1.807, 2.05) is 30.6 Å². The lowest BCUT2D eigenvalue weighted by Crippen LogP contribution is -2.46. The minimum atomic E-state index is -0.502. The highest BCUT2D eigenvalue weighted by Gasteiger charge is 2.24. The van der Waals surface area contributed by atoms with Crippen molar-refractivity contribution < 1.29 is 9.18 Å². The third-order valence-electron chi connectivity index (χ3n) is 4.83. The summed E-state index contributed by atoms with van der Waals surface area (Å²) in [7, 11) is 0. The van der Waals surface area contributed by atoms with Gasteiger partial charge in [0.1, 0.15) is 10.7 Å². The van der Waals surface area contributed by atoms with E-state index in [0.29, 0.717) is 16.6 Å². The Bertz CT molecular complexity index is 1010. The van der Waals surface area contributed by atoms with Gasteiger partial charge in [0.05, 0.1) is 22.0 Å². The third kappa shape index (κ3) is 3.59. The molecule has 0 radical (unpaired) electrons. The first kappa shape index (κ1) is 18.1. The molecule has 1 aliphatic heterocycles. The Morgan fingerprint density at radius 1 is 1.37 bits per heavy atom. The van der Waals surface area contributed by atoms with E-state index in [2.05, 4.69) is 27.5 Å². The van der Waals surface area contributed by atoms with Gasteiger partial charge in [-0.15, -0.1) is 11.3 Å². The molecule has 0 saturated carbocycles. The Hall–Kier alpha value is -2.32. The van der Waals surface area contributed by atoms with Crippen LogP contribution in [0.3, 0.4) is 0 Å². The highest BCUT2D eigenvalue weighted by Crippen LogP contribution is 2.31. The van der Waals surface area contributed by atoms with Crippen molar-refractivity contribution in [3.8, 4) is 10.6 Å². The molecule has 4 heterocycles. The lowest BCUT2D eigenvalue weighted by molar-refractivity contribution is 0.0926. The second-order valence-corrected chi connectivity index (χ2v) is 8.21. The molecule has 3 aromatic rings. The van der Waals surface area contributed by atoms with Crippen LogP contribution in [0.1, 0.15) is 40.8 Å². The van der Waals surface area contributed by atoms with E-state index in [1.165, 1.54) is 6.07 Å². The monoisotopic (exact) mass is 387 g/mol. The molecule has 0 aliphatic carbocycles. The van der Waals surface area contributed by atoms with Gasteiger partial charge in [-0.05, 0) is 46.2 Å². The highest BCUT2D eigenvalue weighted by atomic mass is 32.1. The molecule has 2 atom stereocenters. The van der Waals surface area contributed by atoms with Gasteiger partial charge in [0.25, 0.3) is 5.91 Å². The van der Waals surface area contributed by atoms with Crippen molar-refractivity contribution >= 4 is 22.9 Å². The van der Waals surface area contributed by atoms with Crippen LogP contribution in [0.5, 0.6) is 0 Å². The van der Waals surface area contributed by atoms with Crippen LogP contribution in [0, 0.1) is 19.7 Å². The van der Waals surface area contributed by atoms with Crippen LogP contribution in [0.25, 0.3) is 16.2 Å². The van der Waals surface area contributed by atoms with Crippen LogP contribution in [0.4, 0.5) is 4.39 Å². The zero-order valence-corrected chi connectivity index (χ0v) is 16.4. The summed E-state index contributed by atoms with van der Waals surface area (Å²) in [5.41, 5.74) is 3.08. The zero-order chi connectivity index (χ0) is 19.1. The molecule has 8 heteroatoms. The van der Waals surface area contributed by atoms with E-state index in [9.17, 15) is 9.18 Å². The maximum atomic E-state index is 14.5. The molecular formula is C19H22FN5OS. The van der Waals surface area contributed by atoms with Crippen LogP contribution >= 0.6 is 11.3 Å². The average molecular weight is 387 g/mol. The molecule has 27 heavy (non-hydrogen) atoms. The normalized spacial score (nSPS) is 20.1. The molecule has 0 bridgehead atoms. The number of hydrogen-bond donors (Lipinski definition) is 2. The molecule has 3 aromatic heterocycles. The molecule has 1 fully saturated rings. The Kier molecular flexibility index (Phi) is 4.69. The van der Waals surface area contributed by atoms with Crippen molar-refractivity contribution in [1.29, 1.82) is 0 Å². The molecule has 1 amide bonds. The van der Waals surface area contributed by atoms with E-state index in [4.69, 9.17) is 0 Å². The fourth-order valence-electron chi connectivity index (χ4n) is 3.59. The number of carbonyl (C=O) groups excluding carboxylic acids is 1. The number of nitrogens with one attached hydrogen (secondary N) is 2. The van der Waals surface area contributed by atoms with E-state index < -0.39 is 5.82 Å². The Morgan fingerprint density at radius 2 is 2.19 bits per heavy atom. The predicted octanol–water partition coefficient (Wildman–Crippen LogP) is 3.08. The number of rotatable bonds is 3. The molecule has 1 saturated heterocycles.